The molecule has 0 radical (unpaired) electrons. The Kier molecular flexibility index (Phi) is 4.24. The van der Waals surface area contributed by atoms with Gasteiger partial charge in [0.1, 0.15) is 11.5 Å². The lowest BCUT2D eigenvalue weighted by Crippen LogP contribution is -2.57. The summed E-state index contributed by atoms with van der Waals surface area (Å²) in [5, 5.41) is 10.3. The predicted octanol–water partition coefficient (Wildman–Crippen LogP) is 3.23. The number of hydrogen-bond acceptors (Lipinski definition) is 5. The molecule has 1 N–H and O–H groups in total. The topological polar surface area (TPSA) is 60.8 Å². The molecule has 0 bridgehead atoms. The minimum atomic E-state index is -1.19. The number of aromatic nitrogens is 1. The number of para-hydroxylation sites is 1. The van der Waals surface area contributed by atoms with Gasteiger partial charge in [-0.2, -0.15) is 0 Å². The van der Waals surface area contributed by atoms with Gasteiger partial charge in [0.05, 0.1) is 25.0 Å². The van der Waals surface area contributed by atoms with Gasteiger partial charge < -0.3 is 19.3 Å². The smallest absolute Gasteiger partial charge is 0.239 e. The molecule has 23 heavy (non-hydrogen) atoms. The van der Waals surface area contributed by atoms with Crippen molar-refractivity contribution in [1.82, 2.24) is 4.98 Å². The molecule has 1 aromatic heterocycles. The SMILES string of the molecule is CC(C)(Oc1cccnc1)C1(c2ccccc2O)OCCCO1. The van der Waals surface area contributed by atoms with Crippen molar-refractivity contribution in [2.75, 3.05) is 13.2 Å². The van der Waals surface area contributed by atoms with E-state index < -0.39 is 11.4 Å². The zero-order valence-electron chi connectivity index (χ0n) is 13.4. The van der Waals surface area contributed by atoms with Crippen molar-refractivity contribution >= 4 is 0 Å². The average Bonchev–Trinajstić information content (AvgIpc) is 2.56. The van der Waals surface area contributed by atoms with Crippen LogP contribution in [0, 0.1) is 0 Å². The van der Waals surface area contributed by atoms with E-state index in [2.05, 4.69) is 4.98 Å². The average molecular weight is 315 g/mol. The molecular weight excluding hydrogens is 294 g/mol. The molecule has 1 aliphatic heterocycles. The zero-order valence-corrected chi connectivity index (χ0v) is 13.4. The lowest BCUT2D eigenvalue weighted by Gasteiger charge is -2.47. The molecule has 0 atom stereocenters. The molecule has 5 heteroatoms. The fourth-order valence-corrected chi connectivity index (χ4v) is 2.88. The zero-order chi connectivity index (χ0) is 16.3. The Bertz CT molecular complexity index is 651. The van der Waals surface area contributed by atoms with E-state index in [1.807, 2.05) is 26.0 Å². The van der Waals surface area contributed by atoms with Gasteiger partial charge in [-0.1, -0.05) is 12.1 Å². The van der Waals surface area contributed by atoms with E-state index in [1.165, 1.54) is 0 Å². The number of benzene rings is 1. The fourth-order valence-electron chi connectivity index (χ4n) is 2.88. The van der Waals surface area contributed by atoms with Crippen molar-refractivity contribution < 1.29 is 19.3 Å². The summed E-state index contributed by atoms with van der Waals surface area (Å²) in [4.78, 5) is 4.07. The van der Waals surface area contributed by atoms with Crippen molar-refractivity contribution in [1.29, 1.82) is 0 Å². The summed E-state index contributed by atoms with van der Waals surface area (Å²) in [6, 6.07) is 10.7. The van der Waals surface area contributed by atoms with Crippen LogP contribution in [0.1, 0.15) is 25.8 Å². The van der Waals surface area contributed by atoms with E-state index in [-0.39, 0.29) is 5.75 Å². The van der Waals surface area contributed by atoms with Crippen LogP contribution in [0.2, 0.25) is 0 Å². The highest BCUT2D eigenvalue weighted by Gasteiger charge is 2.54. The summed E-state index contributed by atoms with van der Waals surface area (Å²) in [5.74, 6) is -0.450. The van der Waals surface area contributed by atoms with Gasteiger partial charge in [-0.05, 0) is 44.5 Å². The quantitative estimate of drug-likeness (QED) is 0.938. The number of ether oxygens (including phenoxy) is 3. The normalized spacial score (nSPS) is 17.7. The van der Waals surface area contributed by atoms with Crippen LogP contribution >= 0.6 is 0 Å². The molecule has 2 aromatic rings. The number of aromatic hydroxyl groups is 1. The summed E-state index contributed by atoms with van der Waals surface area (Å²) in [7, 11) is 0. The van der Waals surface area contributed by atoms with E-state index in [4.69, 9.17) is 14.2 Å². The highest BCUT2D eigenvalue weighted by Crippen LogP contribution is 2.45. The molecule has 0 aliphatic carbocycles. The van der Waals surface area contributed by atoms with Crippen molar-refractivity contribution in [2.24, 2.45) is 0 Å². The van der Waals surface area contributed by atoms with E-state index in [0.29, 0.717) is 24.5 Å². The van der Waals surface area contributed by atoms with Crippen LogP contribution < -0.4 is 4.74 Å². The molecule has 1 saturated heterocycles. The van der Waals surface area contributed by atoms with E-state index in [0.717, 1.165) is 6.42 Å². The number of nitrogens with zero attached hydrogens (tertiary/aromatic N) is 1. The van der Waals surface area contributed by atoms with Crippen LogP contribution in [-0.2, 0) is 15.3 Å². The molecule has 2 heterocycles. The maximum absolute atomic E-state index is 10.3. The number of rotatable bonds is 4. The molecule has 0 spiro atoms. The number of pyridine rings is 1. The summed E-state index contributed by atoms with van der Waals surface area (Å²) >= 11 is 0. The minimum absolute atomic E-state index is 0.122. The lowest BCUT2D eigenvalue weighted by atomic mass is 9.88. The largest absolute Gasteiger partial charge is 0.507 e. The van der Waals surface area contributed by atoms with Crippen molar-refractivity contribution in [3.8, 4) is 11.5 Å². The van der Waals surface area contributed by atoms with Gasteiger partial charge in [0.2, 0.25) is 5.79 Å². The van der Waals surface area contributed by atoms with Gasteiger partial charge in [-0.25, -0.2) is 0 Å². The van der Waals surface area contributed by atoms with Crippen LogP contribution in [0.3, 0.4) is 0 Å². The number of hydrogen-bond donors (Lipinski definition) is 1. The Morgan fingerprint density at radius 1 is 1.13 bits per heavy atom. The van der Waals surface area contributed by atoms with Gasteiger partial charge in [0.15, 0.2) is 5.60 Å². The van der Waals surface area contributed by atoms with Crippen molar-refractivity contribution in [3.05, 3.63) is 54.4 Å². The van der Waals surface area contributed by atoms with Crippen LogP contribution in [0.25, 0.3) is 0 Å². The third-order valence-electron chi connectivity index (χ3n) is 3.96. The van der Waals surface area contributed by atoms with Gasteiger partial charge in [0, 0.05) is 6.20 Å². The Morgan fingerprint density at radius 2 is 1.87 bits per heavy atom. The van der Waals surface area contributed by atoms with Gasteiger partial charge in [0.25, 0.3) is 0 Å². The van der Waals surface area contributed by atoms with Crippen LogP contribution in [-0.4, -0.2) is 28.9 Å². The van der Waals surface area contributed by atoms with E-state index >= 15 is 0 Å². The molecule has 1 aromatic carbocycles. The summed E-state index contributed by atoms with van der Waals surface area (Å²) in [6.45, 7) is 4.85. The van der Waals surface area contributed by atoms with Gasteiger partial charge >= 0.3 is 0 Å². The molecule has 1 fully saturated rings. The second-order valence-corrected chi connectivity index (χ2v) is 5.99. The summed E-state index contributed by atoms with van der Waals surface area (Å²) < 4.78 is 18.2. The molecule has 3 rings (SSSR count). The third kappa shape index (κ3) is 2.90. The Morgan fingerprint density at radius 3 is 2.52 bits per heavy atom. The molecule has 122 valence electrons. The van der Waals surface area contributed by atoms with Gasteiger partial charge in [-0.15, -0.1) is 0 Å². The highest BCUT2D eigenvalue weighted by molar-refractivity contribution is 5.38. The number of phenolic OH excluding ortho intramolecular Hbond substituents is 1. The molecule has 5 nitrogen and oxygen atoms in total. The van der Waals surface area contributed by atoms with Crippen molar-refractivity contribution in [2.45, 2.75) is 31.7 Å². The van der Waals surface area contributed by atoms with Gasteiger partial charge in [-0.3, -0.25) is 4.98 Å². The Balaban J connectivity index is 2.03. The molecule has 1 aliphatic rings. The Hall–Kier alpha value is -2.11. The first-order valence-electron chi connectivity index (χ1n) is 7.71. The summed E-state index contributed by atoms with van der Waals surface area (Å²) in [5.41, 5.74) is -0.316. The second-order valence-electron chi connectivity index (χ2n) is 5.99. The molecule has 0 saturated carbocycles. The maximum Gasteiger partial charge on any atom is 0.239 e. The summed E-state index contributed by atoms with van der Waals surface area (Å²) in [6.07, 6.45) is 4.13. The molecule has 0 amide bonds. The highest BCUT2D eigenvalue weighted by atomic mass is 16.7. The standard InChI is InChI=1S/C18H21NO4/c1-17(2,23-14-7-5-10-19-13-14)18(21-11-6-12-22-18)15-8-3-4-9-16(15)20/h3-5,7-10,13,20H,6,11-12H2,1-2H3. The first-order chi connectivity index (χ1) is 11.1. The minimum Gasteiger partial charge on any atom is -0.507 e. The first-order valence-corrected chi connectivity index (χ1v) is 7.71. The Labute approximate surface area is 135 Å². The third-order valence-corrected chi connectivity index (χ3v) is 3.96. The second kappa shape index (κ2) is 6.18. The lowest BCUT2D eigenvalue weighted by molar-refractivity contribution is -0.338. The van der Waals surface area contributed by atoms with Crippen LogP contribution in [0.15, 0.2) is 48.8 Å². The van der Waals surface area contributed by atoms with E-state index in [9.17, 15) is 5.11 Å². The maximum atomic E-state index is 10.3. The van der Waals surface area contributed by atoms with Crippen molar-refractivity contribution in [3.63, 3.8) is 0 Å². The fraction of sp³-hybridized carbons (Fsp3) is 0.389. The number of phenols is 1. The van der Waals surface area contributed by atoms with Crippen LogP contribution in [0.4, 0.5) is 0 Å². The van der Waals surface area contributed by atoms with Crippen LogP contribution in [0.5, 0.6) is 11.5 Å². The molecular formula is C18H21NO4. The van der Waals surface area contributed by atoms with E-state index in [1.54, 1.807) is 36.7 Å². The first kappa shape index (κ1) is 15.8. The monoisotopic (exact) mass is 315 g/mol. The predicted molar refractivity (Wildman–Crippen MR) is 85.2 cm³/mol. The molecule has 0 unspecified atom stereocenters.